The number of hydrogen-bond acceptors (Lipinski definition) is 4. The van der Waals surface area contributed by atoms with E-state index in [1.165, 1.54) is 18.3 Å². The van der Waals surface area contributed by atoms with Crippen LogP contribution in [0.25, 0.3) is 0 Å². The topological polar surface area (TPSA) is 46.1 Å². The molecule has 0 unspecified atom stereocenters. The first-order valence-corrected chi connectivity index (χ1v) is 6.97. The molecule has 1 aromatic heterocycles. The van der Waals surface area contributed by atoms with Crippen molar-refractivity contribution in [1.29, 1.82) is 0 Å². The summed E-state index contributed by atoms with van der Waals surface area (Å²) in [6.45, 7) is 5.37. The van der Waals surface area contributed by atoms with Crippen molar-refractivity contribution in [2.24, 2.45) is 0 Å². The molecule has 4 nitrogen and oxygen atoms in total. The Balaban J connectivity index is 2.48. The largest absolute Gasteiger partial charge is 0.274 e. The Morgan fingerprint density at radius 2 is 2.06 bits per heavy atom. The van der Waals surface area contributed by atoms with Crippen LogP contribution in [0.15, 0.2) is 22.7 Å². The standard InChI is InChI=1S/C12H12BrN3OS/c1-7-6-10(4-5-11(7)13)16(9(3)17)12-15-14-8(2)18-12/h4-6H,1-3H3. The normalized spacial score (nSPS) is 10.4. The number of carbonyl (C=O) groups is 1. The van der Waals surface area contributed by atoms with Crippen molar-refractivity contribution in [3.05, 3.63) is 33.2 Å². The second-order valence-corrected chi connectivity index (χ2v) is 5.91. The van der Waals surface area contributed by atoms with Crippen LogP contribution >= 0.6 is 27.3 Å². The molecular formula is C12H12BrN3OS. The minimum absolute atomic E-state index is 0.0760. The Bertz CT molecular complexity index is 597. The summed E-state index contributed by atoms with van der Waals surface area (Å²) in [6, 6.07) is 5.76. The van der Waals surface area contributed by atoms with Gasteiger partial charge in [-0.05, 0) is 37.6 Å². The van der Waals surface area contributed by atoms with Crippen LogP contribution in [-0.4, -0.2) is 16.1 Å². The third-order valence-electron chi connectivity index (χ3n) is 2.42. The molecule has 2 rings (SSSR count). The lowest BCUT2D eigenvalue weighted by Crippen LogP contribution is -2.22. The summed E-state index contributed by atoms with van der Waals surface area (Å²) >= 11 is 4.85. The Kier molecular flexibility index (Phi) is 3.77. The molecule has 1 amide bonds. The molecule has 0 bridgehead atoms. The summed E-state index contributed by atoms with van der Waals surface area (Å²) in [4.78, 5) is 13.4. The second-order valence-electron chi connectivity index (χ2n) is 3.89. The first-order chi connectivity index (χ1) is 8.49. The zero-order valence-corrected chi connectivity index (χ0v) is 12.7. The van der Waals surface area contributed by atoms with Crippen molar-refractivity contribution in [3.63, 3.8) is 0 Å². The van der Waals surface area contributed by atoms with E-state index in [4.69, 9.17) is 0 Å². The average Bonchev–Trinajstić information content (AvgIpc) is 2.70. The highest BCUT2D eigenvalue weighted by atomic mass is 79.9. The third kappa shape index (κ3) is 2.59. The summed E-state index contributed by atoms with van der Waals surface area (Å²) in [6.07, 6.45) is 0. The van der Waals surface area contributed by atoms with E-state index in [9.17, 15) is 4.79 Å². The number of aromatic nitrogens is 2. The smallest absolute Gasteiger partial charge is 0.230 e. The number of benzene rings is 1. The number of anilines is 2. The maximum Gasteiger partial charge on any atom is 0.230 e. The Morgan fingerprint density at radius 1 is 1.33 bits per heavy atom. The molecule has 6 heteroatoms. The molecule has 1 heterocycles. The van der Waals surface area contributed by atoms with E-state index in [-0.39, 0.29) is 5.91 Å². The first-order valence-electron chi connectivity index (χ1n) is 5.36. The van der Waals surface area contributed by atoms with Crippen molar-refractivity contribution in [3.8, 4) is 0 Å². The fraction of sp³-hybridized carbons (Fsp3) is 0.250. The van der Waals surface area contributed by atoms with Gasteiger partial charge < -0.3 is 0 Å². The van der Waals surface area contributed by atoms with Crippen LogP contribution in [0, 0.1) is 13.8 Å². The van der Waals surface area contributed by atoms with Gasteiger partial charge in [-0.1, -0.05) is 27.3 Å². The van der Waals surface area contributed by atoms with E-state index in [0.29, 0.717) is 5.13 Å². The fourth-order valence-electron chi connectivity index (χ4n) is 1.57. The van der Waals surface area contributed by atoms with Crippen LogP contribution in [0.2, 0.25) is 0 Å². The van der Waals surface area contributed by atoms with E-state index in [0.717, 1.165) is 20.7 Å². The molecule has 0 atom stereocenters. The van der Waals surface area contributed by atoms with Gasteiger partial charge in [0.15, 0.2) is 0 Å². The van der Waals surface area contributed by atoms with Crippen LogP contribution in [-0.2, 0) is 4.79 Å². The van der Waals surface area contributed by atoms with E-state index in [1.807, 2.05) is 32.0 Å². The number of amides is 1. The maximum absolute atomic E-state index is 11.8. The van der Waals surface area contributed by atoms with Crippen LogP contribution in [0.4, 0.5) is 10.8 Å². The van der Waals surface area contributed by atoms with E-state index >= 15 is 0 Å². The predicted octanol–water partition coefficient (Wildman–Crippen LogP) is 3.60. The lowest BCUT2D eigenvalue weighted by atomic mass is 10.2. The highest BCUT2D eigenvalue weighted by Gasteiger charge is 2.18. The van der Waals surface area contributed by atoms with Gasteiger partial charge in [-0.15, -0.1) is 10.2 Å². The second kappa shape index (κ2) is 5.16. The maximum atomic E-state index is 11.8. The molecule has 0 aliphatic heterocycles. The number of halogens is 1. The monoisotopic (exact) mass is 325 g/mol. The van der Waals surface area contributed by atoms with Crippen LogP contribution in [0.5, 0.6) is 0 Å². The molecule has 0 saturated heterocycles. The molecule has 0 aliphatic carbocycles. The lowest BCUT2D eigenvalue weighted by molar-refractivity contribution is -0.115. The molecule has 0 aliphatic rings. The summed E-state index contributed by atoms with van der Waals surface area (Å²) in [5, 5.41) is 9.42. The predicted molar refractivity (Wildman–Crippen MR) is 76.3 cm³/mol. The van der Waals surface area contributed by atoms with Gasteiger partial charge in [-0.3, -0.25) is 9.69 Å². The van der Waals surface area contributed by atoms with Crippen molar-refractivity contribution >= 4 is 44.0 Å². The average molecular weight is 326 g/mol. The Morgan fingerprint density at radius 3 is 2.56 bits per heavy atom. The molecular weight excluding hydrogens is 314 g/mol. The van der Waals surface area contributed by atoms with Gasteiger partial charge in [0, 0.05) is 11.4 Å². The van der Waals surface area contributed by atoms with Crippen LogP contribution in [0.1, 0.15) is 17.5 Å². The third-order valence-corrected chi connectivity index (χ3v) is 4.13. The fourth-order valence-corrected chi connectivity index (χ4v) is 2.57. The summed E-state index contributed by atoms with van der Waals surface area (Å²) in [7, 11) is 0. The van der Waals surface area contributed by atoms with Crippen molar-refractivity contribution < 1.29 is 4.79 Å². The Hall–Kier alpha value is -1.27. The lowest BCUT2D eigenvalue weighted by Gasteiger charge is -2.18. The van der Waals surface area contributed by atoms with Gasteiger partial charge in [-0.25, -0.2) is 0 Å². The number of aryl methyl sites for hydroxylation is 2. The molecule has 18 heavy (non-hydrogen) atoms. The van der Waals surface area contributed by atoms with E-state index in [1.54, 1.807) is 4.90 Å². The van der Waals surface area contributed by atoms with Gasteiger partial charge >= 0.3 is 0 Å². The minimum atomic E-state index is -0.0760. The van der Waals surface area contributed by atoms with Crippen LogP contribution in [0.3, 0.4) is 0 Å². The quantitative estimate of drug-likeness (QED) is 0.847. The molecule has 2 aromatic rings. The number of rotatable bonds is 2. The molecule has 1 aromatic carbocycles. The highest BCUT2D eigenvalue weighted by Crippen LogP contribution is 2.30. The first kappa shape index (κ1) is 13.2. The SMILES string of the molecule is CC(=O)N(c1ccc(Br)c(C)c1)c1nnc(C)s1. The van der Waals surface area contributed by atoms with Crippen molar-refractivity contribution in [1.82, 2.24) is 10.2 Å². The summed E-state index contributed by atoms with van der Waals surface area (Å²) in [5.74, 6) is -0.0760. The highest BCUT2D eigenvalue weighted by molar-refractivity contribution is 9.10. The molecule has 0 radical (unpaired) electrons. The minimum Gasteiger partial charge on any atom is -0.274 e. The van der Waals surface area contributed by atoms with Crippen molar-refractivity contribution in [2.45, 2.75) is 20.8 Å². The molecule has 0 fully saturated rings. The Labute approximate surface area is 118 Å². The zero-order chi connectivity index (χ0) is 13.3. The number of hydrogen-bond donors (Lipinski definition) is 0. The van der Waals surface area contributed by atoms with Gasteiger partial charge in [-0.2, -0.15) is 0 Å². The molecule has 0 spiro atoms. The van der Waals surface area contributed by atoms with Crippen molar-refractivity contribution in [2.75, 3.05) is 4.90 Å². The van der Waals surface area contributed by atoms with Gasteiger partial charge in [0.05, 0.1) is 5.69 Å². The van der Waals surface area contributed by atoms with Crippen LogP contribution < -0.4 is 4.90 Å². The zero-order valence-electron chi connectivity index (χ0n) is 10.3. The molecule has 0 N–H and O–H groups in total. The summed E-state index contributed by atoms with van der Waals surface area (Å²) in [5.41, 5.74) is 1.87. The van der Waals surface area contributed by atoms with Gasteiger partial charge in [0.1, 0.15) is 5.01 Å². The van der Waals surface area contributed by atoms with E-state index < -0.39 is 0 Å². The number of carbonyl (C=O) groups excluding carboxylic acids is 1. The van der Waals surface area contributed by atoms with Gasteiger partial charge in [0.25, 0.3) is 0 Å². The number of nitrogens with zero attached hydrogens (tertiary/aromatic N) is 3. The van der Waals surface area contributed by atoms with Gasteiger partial charge in [0.2, 0.25) is 11.0 Å². The van der Waals surface area contributed by atoms with E-state index in [2.05, 4.69) is 26.1 Å². The molecule has 94 valence electrons. The summed E-state index contributed by atoms with van der Waals surface area (Å²) < 4.78 is 1.02. The molecule has 0 saturated carbocycles.